The molecule has 0 fully saturated rings. The van der Waals surface area contributed by atoms with Crippen molar-refractivity contribution in [2.24, 2.45) is 0 Å². The molecule has 4 nitrogen and oxygen atoms in total. The number of allylic oxidation sites excluding steroid dienone is 1. The third-order valence-electron chi connectivity index (χ3n) is 2.89. The Kier molecular flexibility index (Phi) is 2.79. The number of fused-ring (bicyclic) bond motifs is 1. The number of nitrogens with one attached hydrogen (secondary N) is 1. The predicted octanol–water partition coefficient (Wildman–Crippen LogP) is 3.02. The van der Waals surface area contributed by atoms with Gasteiger partial charge in [0.1, 0.15) is 6.33 Å². The minimum absolute atomic E-state index is 0.590. The van der Waals surface area contributed by atoms with E-state index >= 15 is 0 Å². The highest BCUT2D eigenvalue weighted by Gasteiger charge is 2.07. The second kappa shape index (κ2) is 4.75. The zero-order valence-corrected chi connectivity index (χ0v) is 10.0. The Bertz CT molecular complexity index is 779. The van der Waals surface area contributed by atoms with Crippen molar-refractivity contribution >= 4 is 22.6 Å². The van der Waals surface area contributed by atoms with E-state index in [-0.39, 0.29) is 0 Å². The maximum Gasteiger partial charge on any atom is 0.115 e. The highest BCUT2D eigenvalue weighted by Crippen LogP contribution is 2.25. The molecule has 0 amide bonds. The Morgan fingerprint density at radius 1 is 1.21 bits per heavy atom. The third-order valence-corrected chi connectivity index (χ3v) is 2.89. The number of H-pyrrole nitrogens is 1. The normalized spacial score (nSPS) is 11.4. The smallest absolute Gasteiger partial charge is 0.115 e. The van der Waals surface area contributed by atoms with Crippen LogP contribution in [0, 0.1) is 11.3 Å². The van der Waals surface area contributed by atoms with Crippen LogP contribution in [-0.4, -0.2) is 15.0 Å². The lowest BCUT2D eigenvalue weighted by molar-refractivity contribution is 1.16. The molecule has 0 aliphatic heterocycles. The van der Waals surface area contributed by atoms with Crippen molar-refractivity contribution in [1.29, 1.82) is 5.26 Å². The molecule has 90 valence electrons. The molecule has 3 aromatic rings. The summed E-state index contributed by atoms with van der Waals surface area (Å²) in [6.07, 6.45) is 8.46. The molecular formula is C15H10N4. The van der Waals surface area contributed by atoms with Gasteiger partial charge in [-0.25, -0.2) is 9.97 Å². The molecular weight excluding hydrogens is 236 g/mol. The first-order chi connectivity index (χ1) is 9.38. The summed E-state index contributed by atoms with van der Waals surface area (Å²) < 4.78 is 0. The average Bonchev–Trinajstić information content (AvgIpc) is 2.90. The topological polar surface area (TPSA) is 65.4 Å². The second-order valence-corrected chi connectivity index (χ2v) is 4.09. The summed E-state index contributed by atoms with van der Waals surface area (Å²) in [4.78, 5) is 11.1. The average molecular weight is 246 g/mol. The van der Waals surface area contributed by atoms with Gasteiger partial charge in [0.05, 0.1) is 11.6 Å². The van der Waals surface area contributed by atoms with Gasteiger partial charge in [-0.15, -0.1) is 0 Å². The van der Waals surface area contributed by atoms with Gasteiger partial charge in [0.2, 0.25) is 0 Å². The molecule has 0 unspecified atom stereocenters. The van der Waals surface area contributed by atoms with Crippen molar-refractivity contribution < 1.29 is 0 Å². The van der Waals surface area contributed by atoms with Gasteiger partial charge >= 0.3 is 0 Å². The number of para-hydroxylation sites is 1. The Labute approximate surface area is 110 Å². The highest BCUT2D eigenvalue weighted by molar-refractivity contribution is 6.00. The van der Waals surface area contributed by atoms with Gasteiger partial charge < -0.3 is 4.98 Å². The van der Waals surface area contributed by atoms with Crippen molar-refractivity contribution in [2.75, 3.05) is 0 Å². The summed E-state index contributed by atoms with van der Waals surface area (Å²) in [5.74, 6) is 0. The van der Waals surface area contributed by atoms with Crippen LogP contribution in [0.5, 0.6) is 0 Å². The van der Waals surface area contributed by atoms with Gasteiger partial charge in [0.15, 0.2) is 0 Å². The van der Waals surface area contributed by atoms with Crippen LogP contribution in [0.4, 0.5) is 0 Å². The first-order valence-corrected chi connectivity index (χ1v) is 5.82. The van der Waals surface area contributed by atoms with Crippen LogP contribution in [0.25, 0.3) is 22.6 Å². The summed E-state index contributed by atoms with van der Waals surface area (Å²) in [7, 11) is 0. The summed E-state index contributed by atoms with van der Waals surface area (Å²) in [5.41, 5.74) is 3.31. The van der Waals surface area contributed by atoms with E-state index in [1.54, 1.807) is 18.5 Å². The SMILES string of the molecule is N#C/C(=C\c1cncnc1)c1c[nH]c2ccccc12. The van der Waals surface area contributed by atoms with Crippen LogP contribution < -0.4 is 0 Å². The standard InChI is InChI=1S/C15H10N4/c16-6-12(5-11-7-17-10-18-8-11)14-9-19-15-4-2-1-3-13(14)15/h1-5,7-10,19H/b12-5+. The number of nitriles is 1. The van der Waals surface area contributed by atoms with E-state index in [2.05, 4.69) is 21.0 Å². The lowest BCUT2D eigenvalue weighted by atomic mass is 10.0. The van der Waals surface area contributed by atoms with Gasteiger partial charge in [0, 0.05) is 40.6 Å². The van der Waals surface area contributed by atoms with Crippen LogP contribution in [0.15, 0.2) is 49.2 Å². The van der Waals surface area contributed by atoms with E-state index in [0.29, 0.717) is 5.57 Å². The van der Waals surface area contributed by atoms with E-state index in [0.717, 1.165) is 22.0 Å². The largest absolute Gasteiger partial charge is 0.361 e. The number of aromatic nitrogens is 3. The molecule has 2 aromatic heterocycles. The predicted molar refractivity (Wildman–Crippen MR) is 73.8 cm³/mol. The number of hydrogen-bond donors (Lipinski definition) is 1. The Balaban J connectivity index is 2.14. The zero-order chi connectivity index (χ0) is 13.1. The summed E-state index contributed by atoms with van der Waals surface area (Å²) in [6, 6.07) is 10.1. The van der Waals surface area contributed by atoms with Gasteiger partial charge in [-0.05, 0) is 12.1 Å². The molecule has 0 saturated carbocycles. The van der Waals surface area contributed by atoms with Crippen molar-refractivity contribution in [3.8, 4) is 6.07 Å². The molecule has 1 aromatic carbocycles. The molecule has 0 atom stereocenters. The maximum atomic E-state index is 9.35. The fraction of sp³-hybridized carbons (Fsp3) is 0. The fourth-order valence-corrected chi connectivity index (χ4v) is 2.02. The molecule has 0 spiro atoms. The van der Waals surface area contributed by atoms with Crippen molar-refractivity contribution in [2.45, 2.75) is 0 Å². The van der Waals surface area contributed by atoms with Crippen LogP contribution in [0.1, 0.15) is 11.1 Å². The lowest BCUT2D eigenvalue weighted by Crippen LogP contribution is -1.82. The Morgan fingerprint density at radius 2 is 2.00 bits per heavy atom. The molecule has 19 heavy (non-hydrogen) atoms. The number of nitrogens with zero attached hydrogens (tertiary/aromatic N) is 3. The maximum absolute atomic E-state index is 9.35. The highest BCUT2D eigenvalue weighted by atomic mass is 14.8. The third kappa shape index (κ3) is 2.09. The van der Waals surface area contributed by atoms with Crippen LogP contribution in [0.3, 0.4) is 0 Å². The van der Waals surface area contributed by atoms with E-state index in [1.165, 1.54) is 6.33 Å². The Hall–Kier alpha value is -2.93. The van der Waals surface area contributed by atoms with E-state index < -0.39 is 0 Å². The van der Waals surface area contributed by atoms with Gasteiger partial charge in [-0.3, -0.25) is 0 Å². The van der Waals surface area contributed by atoms with Gasteiger partial charge in [0.25, 0.3) is 0 Å². The first kappa shape index (κ1) is 11.2. The quantitative estimate of drug-likeness (QED) is 0.707. The Morgan fingerprint density at radius 3 is 2.79 bits per heavy atom. The van der Waals surface area contributed by atoms with Crippen molar-refractivity contribution in [1.82, 2.24) is 15.0 Å². The van der Waals surface area contributed by atoms with Crippen molar-refractivity contribution in [3.63, 3.8) is 0 Å². The van der Waals surface area contributed by atoms with E-state index in [4.69, 9.17) is 0 Å². The summed E-state index contributed by atoms with van der Waals surface area (Å²) in [5, 5.41) is 10.4. The fourth-order valence-electron chi connectivity index (χ4n) is 2.02. The molecule has 2 heterocycles. The molecule has 0 radical (unpaired) electrons. The van der Waals surface area contributed by atoms with E-state index in [9.17, 15) is 5.26 Å². The molecule has 0 bridgehead atoms. The molecule has 0 aliphatic rings. The molecule has 3 rings (SSSR count). The van der Waals surface area contributed by atoms with Crippen molar-refractivity contribution in [3.05, 3.63) is 60.3 Å². The number of hydrogen-bond acceptors (Lipinski definition) is 3. The van der Waals surface area contributed by atoms with Crippen LogP contribution in [0.2, 0.25) is 0 Å². The van der Waals surface area contributed by atoms with E-state index in [1.807, 2.05) is 30.5 Å². The number of benzene rings is 1. The molecule has 4 heteroatoms. The summed E-state index contributed by atoms with van der Waals surface area (Å²) >= 11 is 0. The zero-order valence-electron chi connectivity index (χ0n) is 10.0. The minimum atomic E-state index is 0.590. The second-order valence-electron chi connectivity index (χ2n) is 4.09. The molecule has 0 saturated heterocycles. The molecule has 0 aliphatic carbocycles. The van der Waals surface area contributed by atoms with Gasteiger partial charge in [-0.2, -0.15) is 5.26 Å². The minimum Gasteiger partial charge on any atom is -0.361 e. The first-order valence-electron chi connectivity index (χ1n) is 5.82. The lowest BCUT2D eigenvalue weighted by Gasteiger charge is -1.97. The summed E-state index contributed by atoms with van der Waals surface area (Å²) in [6.45, 7) is 0. The van der Waals surface area contributed by atoms with Crippen LogP contribution in [-0.2, 0) is 0 Å². The number of aromatic amines is 1. The molecule has 1 N–H and O–H groups in total. The van der Waals surface area contributed by atoms with Crippen LogP contribution >= 0.6 is 0 Å². The van der Waals surface area contributed by atoms with Gasteiger partial charge in [-0.1, -0.05) is 18.2 Å². The monoisotopic (exact) mass is 246 g/mol. The number of rotatable bonds is 2.